The first-order valence-electron chi connectivity index (χ1n) is 4.56. The Morgan fingerprint density at radius 1 is 1.25 bits per heavy atom. The fourth-order valence-electron chi connectivity index (χ4n) is 1.08. The number of hydrogen-bond acceptors (Lipinski definition) is 5. The van der Waals surface area contributed by atoms with E-state index in [0.717, 1.165) is 0 Å². The maximum atomic E-state index is 10.5. The second-order valence-electron chi connectivity index (χ2n) is 3.45. The van der Waals surface area contributed by atoms with Crippen LogP contribution in [0.25, 0.3) is 0 Å². The minimum absolute atomic E-state index is 0.102. The molecule has 0 aromatic carbocycles. The van der Waals surface area contributed by atoms with Gasteiger partial charge in [-0.25, -0.2) is 5.06 Å². The number of rotatable bonds is 8. The summed E-state index contributed by atoms with van der Waals surface area (Å²) in [5.41, 5.74) is 0. The standard InChI is InChI=1S/C7H16NO7P/c9-5-8(12)4-7(11)3-6(10)1-2-16(13,14)15/h5-7,10-12H,1-4H2,(H2,13,14,15). The molecule has 0 fully saturated rings. The van der Waals surface area contributed by atoms with Gasteiger partial charge in [-0.15, -0.1) is 0 Å². The smallest absolute Gasteiger partial charge is 0.325 e. The van der Waals surface area contributed by atoms with E-state index in [4.69, 9.17) is 15.0 Å². The lowest BCUT2D eigenvalue weighted by atomic mass is 10.1. The number of aliphatic hydroxyl groups excluding tert-OH is 2. The summed E-state index contributed by atoms with van der Waals surface area (Å²) in [6, 6.07) is 0. The van der Waals surface area contributed by atoms with Gasteiger partial charge in [-0.1, -0.05) is 0 Å². The van der Waals surface area contributed by atoms with Crippen molar-refractivity contribution in [3.05, 3.63) is 0 Å². The fraction of sp³-hybridized carbons (Fsp3) is 0.857. The lowest BCUT2D eigenvalue weighted by molar-refractivity contribution is -0.156. The maximum absolute atomic E-state index is 10.5. The van der Waals surface area contributed by atoms with E-state index in [0.29, 0.717) is 0 Å². The van der Waals surface area contributed by atoms with Gasteiger partial charge in [0.2, 0.25) is 6.41 Å². The monoisotopic (exact) mass is 257 g/mol. The lowest BCUT2D eigenvalue weighted by Crippen LogP contribution is -2.31. The maximum Gasteiger partial charge on any atom is 0.325 e. The molecule has 0 saturated heterocycles. The van der Waals surface area contributed by atoms with Crippen LogP contribution in [-0.2, 0) is 9.36 Å². The first-order chi connectivity index (χ1) is 7.24. The largest absolute Gasteiger partial charge is 0.393 e. The van der Waals surface area contributed by atoms with E-state index in [-0.39, 0.29) is 30.9 Å². The Hall–Kier alpha value is -0.500. The molecule has 16 heavy (non-hydrogen) atoms. The van der Waals surface area contributed by atoms with Crippen LogP contribution in [0.3, 0.4) is 0 Å². The molecule has 0 aromatic rings. The predicted octanol–water partition coefficient (Wildman–Crippen LogP) is -1.49. The molecule has 0 aliphatic heterocycles. The second-order valence-corrected chi connectivity index (χ2v) is 5.22. The van der Waals surface area contributed by atoms with Crippen molar-refractivity contribution >= 4 is 14.0 Å². The van der Waals surface area contributed by atoms with Gasteiger partial charge in [0.25, 0.3) is 0 Å². The van der Waals surface area contributed by atoms with Crippen molar-refractivity contribution in [1.29, 1.82) is 0 Å². The zero-order valence-corrected chi connectivity index (χ0v) is 9.40. The number of aliphatic hydroxyl groups is 2. The van der Waals surface area contributed by atoms with Crippen molar-refractivity contribution in [2.45, 2.75) is 25.0 Å². The number of carbonyl (C=O) groups is 1. The van der Waals surface area contributed by atoms with E-state index in [9.17, 15) is 19.6 Å². The summed E-state index contributed by atoms with van der Waals surface area (Å²) >= 11 is 0. The molecule has 0 aliphatic carbocycles. The van der Waals surface area contributed by atoms with Gasteiger partial charge in [0, 0.05) is 6.42 Å². The molecule has 0 spiro atoms. The minimum Gasteiger partial charge on any atom is -0.393 e. The number of hydrogen-bond donors (Lipinski definition) is 5. The predicted molar refractivity (Wildman–Crippen MR) is 52.7 cm³/mol. The van der Waals surface area contributed by atoms with Crippen molar-refractivity contribution < 1.29 is 34.6 Å². The van der Waals surface area contributed by atoms with Crippen LogP contribution in [-0.4, -0.2) is 61.6 Å². The van der Waals surface area contributed by atoms with Crippen molar-refractivity contribution in [1.82, 2.24) is 5.06 Å². The van der Waals surface area contributed by atoms with Crippen LogP contribution in [0.1, 0.15) is 12.8 Å². The van der Waals surface area contributed by atoms with E-state index in [1.165, 1.54) is 0 Å². The van der Waals surface area contributed by atoms with Crippen LogP contribution in [0.2, 0.25) is 0 Å². The Kier molecular flexibility index (Phi) is 6.73. The third kappa shape index (κ3) is 8.78. The van der Waals surface area contributed by atoms with Gasteiger partial charge in [-0.3, -0.25) is 14.6 Å². The Bertz CT molecular complexity index is 255. The number of amides is 1. The topological polar surface area (TPSA) is 139 Å². The molecule has 0 rings (SSSR count). The Morgan fingerprint density at radius 2 is 1.81 bits per heavy atom. The van der Waals surface area contributed by atoms with E-state index in [1.54, 1.807) is 0 Å². The van der Waals surface area contributed by atoms with Crippen molar-refractivity contribution in [2.24, 2.45) is 0 Å². The molecule has 2 unspecified atom stereocenters. The van der Waals surface area contributed by atoms with Gasteiger partial charge in [0.05, 0.1) is 24.9 Å². The van der Waals surface area contributed by atoms with Gasteiger partial charge in [-0.2, -0.15) is 0 Å². The van der Waals surface area contributed by atoms with Crippen LogP contribution < -0.4 is 0 Å². The molecular weight excluding hydrogens is 241 g/mol. The first-order valence-corrected chi connectivity index (χ1v) is 6.36. The van der Waals surface area contributed by atoms with E-state index in [1.807, 2.05) is 0 Å². The third-order valence-corrected chi connectivity index (χ3v) is 2.66. The average Bonchev–Trinajstić information content (AvgIpc) is 2.13. The Balaban J connectivity index is 3.82. The van der Waals surface area contributed by atoms with Crippen LogP contribution in [0.15, 0.2) is 0 Å². The number of hydroxylamine groups is 2. The van der Waals surface area contributed by atoms with E-state index in [2.05, 4.69) is 0 Å². The van der Waals surface area contributed by atoms with Gasteiger partial charge in [0.15, 0.2) is 0 Å². The highest BCUT2D eigenvalue weighted by molar-refractivity contribution is 7.51. The molecule has 9 heteroatoms. The number of carbonyl (C=O) groups excluding carboxylic acids is 1. The summed E-state index contributed by atoms with van der Waals surface area (Å²) in [6.45, 7) is -0.365. The second kappa shape index (κ2) is 6.95. The third-order valence-electron chi connectivity index (χ3n) is 1.82. The van der Waals surface area contributed by atoms with Crippen molar-refractivity contribution in [3.8, 4) is 0 Å². The van der Waals surface area contributed by atoms with Crippen LogP contribution in [0.5, 0.6) is 0 Å². The zero-order chi connectivity index (χ0) is 12.8. The minimum atomic E-state index is -4.15. The van der Waals surface area contributed by atoms with Crippen molar-refractivity contribution in [3.63, 3.8) is 0 Å². The highest BCUT2D eigenvalue weighted by Crippen LogP contribution is 2.35. The van der Waals surface area contributed by atoms with E-state index >= 15 is 0 Å². The first kappa shape index (κ1) is 15.5. The molecule has 0 heterocycles. The van der Waals surface area contributed by atoms with Gasteiger partial charge < -0.3 is 20.0 Å². The summed E-state index contributed by atoms with van der Waals surface area (Å²) in [5.74, 6) is 0. The quantitative estimate of drug-likeness (QED) is 0.154. The Labute approximate surface area is 92.2 Å². The molecule has 2 atom stereocenters. The van der Waals surface area contributed by atoms with E-state index < -0.39 is 26.0 Å². The fourth-order valence-corrected chi connectivity index (χ4v) is 1.72. The highest BCUT2D eigenvalue weighted by Gasteiger charge is 2.19. The Morgan fingerprint density at radius 3 is 2.25 bits per heavy atom. The van der Waals surface area contributed by atoms with Crippen LogP contribution in [0.4, 0.5) is 0 Å². The molecule has 96 valence electrons. The molecule has 0 radical (unpaired) electrons. The van der Waals surface area contributed by atoms with Crippen molar-refractivity contribution in [2.75, 3.05) is 12.7 Å². The normalized spacial score (nSPS) is 15.6. The van der Waals surface area contributed by atoms with Gasteiger partial charge >= 0.3 is 7.60 Å². The molecular formula is C7H16NO7P. The lowest BCUT2D eigenvalue weighted by Gasteiger charge is -2.18. The van der Waals surface area contributed by atoms with Crippen LogP contribution in [0, 0.1) is 0 Å². The summed E-state index contributed by atoms with van der Waals surface area (Å²) in [7, 11) is -4.15. The molecule has 5 N–H and O–H groups in total. The van der Waals surface area contributed by atoms with Crippen LogP contribution >= 0.6 is 7.60 Å². The number of nitrogens with zero attached hydrogens (tertiary/aromatic N) is 1. The summed E-state index contributed by atoms with van der Waals surface area (Å²) in [4.78, 5) is 27.0. The summed E-state index contributed by atoms with van der Waals surface area (Å²) < 4.78 is 10.5. The molecule has 8 nitrogen and oxygen atoms in total. The molecule has 0 bridgehead atoms. The average molecular weight is 257 g/mol. The summed E-state index contributed by atoms with van der Waals surface area (Å²) in [6.07, 6.45) is -2.95. The zero-order valence-electron chi connectivity index (χ0n) is 8.51. The molecule has 0 aromatic heterocycles. The molecule has 0 aliphatic rings. The molecule has 0 saturated carbocycles. The van der Waals surface area contributed by atoms with Gasteiger partial charge in [0.1, 0.15) is 0 Å². The summed E-state index contributed by atoms with van der Waals surface area (Å²) in [5, 5.41) is 27.4. The van der Waals surface area contributed by atoms with Gasteiger partial charge in [-0.05, 0) is 6.42 Å². The molecule has 1 amide bonds. The SMILES string of the molecule is O=CN(O)CC(O)CC(O)CCP(=O)(O)O. The highest BCUT2D eigenvalue weighted by atomic mass is 31.2.